The SMILES string of the molecule is CC(Cl)CN(C)c1cncc2nnnn12. The lowest BCUT2D eigenvalue weighted by Crippen LogP contribution is -2.26. The second-order valence-electron chi connectivity index (χ2n) is 3.38. The van der Waals surface area contributed by atoms with E-state index in [9.17, 15) is 0 Å². The largest absolute Gasteiger partial charge is 0.357 e. The molecule has 0 amide bonds. The van der Waals surface area contributed by atoms with Crippen LogP contribution in [0.1, 0.15) is 6.92 Å². The van der Waals surface area contributed by atoms with Crippen molar-refractivity contribution in [2.45, 2.75) is 12.3 Å². The molecule has 2 aromatic rings. The minimum absolute atomic E-state index is 0.0572. The predicted molar refractivity (Wildman–Crippen MR) is 57.2 cm³/mol. The molecule has 0 spiro atoms. The fourth-order valence-corrected chi connectivity index (χ4v) is 1.60. The van der Waals surface area contributed by atoms with Gasteiger partial charge in [0, 0.05) is 19.0 Å². The van der Waals surface area contributed by atoms with Crippen molar-refractivity contribution in [3.05, 3.63) is 12.4 Å². The Kier molecular flexibility index (Phi) is 2.68. The molecule has 7 heteroatoms. The van der Waals surface area contributed by atoms with Gasteiger partial charge in [0.25, 0.3) is 0 Å². The lowest BCUT2D eigenvalue weighted by atomic mass is 10.4. The van der Waals surface area contributed by atoms with Gasteiger partial charge >= 0.3 is 0 Å². The predicted octanol–water partition coefficient (Wildman–Crippen LogP) is 0.583. The second-order valence-corrected chi connectivity index (χ2v) is 4.12. The lowest BCUT2D eigenvalue weighted by molar-refractivity contribution is 0.772. The number of alkyl halides is 1. The van der Waals surface area contributed by atoms with Gasteiger partial charge in [-0.3, -0.25) is 4.98 Å². The first-order valence-corrected chi connectivity index (χ1v) is 4.99. The van der Waals surface area contributed by atoms with E-state index < -0.39 is 0 Å². The number of tetrazole rings is 1. The molecule has 2 heterocycles. The van der Waals surface area contributed by atoms with Crippen LogP contribution in [0.2, 0.25) is 0 Å². The van der Waals surface area contributed by atoms with E-state index in [2.05, 4.69) is 20.5 Å². The molecule has 0 bridgehead atoms. The van der Waals surface area contributed by atoms with Crippen molar-refractivity contribution in [3.8, 4) is 0 Å². The lowest BCUT2D eigenvalue weighted by Gasteiger charge is -2.19. The van der Waals surface area contributed by atoms with Gasteiger partial charge < -0.3 is 4.90 Å². The standard InChI is InChI=1S/C8H11ClN6/c1-6(9)5-14(2)8-4-10-3-7-11-12-13-15(7)8/h3-4,6H,5H2,1-2H3. The molecule has 15 heavy (non-hydrogen) atoms. The fourth-order valence-electron chi connectivity index (χ4n) is 1.39. The van der Waals surface area contributed by atoms with Crippen molar-refractivity contribution in [2.75, 3.05) is 18.5 Å². The van der Waals surface area contributed by atoms with Crippen LogP contribution in [-0.2, 0) is 0 Å². The third kappa shape index (κ3) is 1.99. The summed E-state index contributed by atoms with van der Waals surface area (Å²) in [5.74, 6) is 0.824. The van der Waals surface area contributed by atoms with Crippen LogP contribution >= 0.6 is 11.6 Å². The highest BCUT2D eigenvalue weighted by Crippen LogP contribution is 2.12. The molecule has 0 fully saturated rings. The highest BCUT2D eigenvalue weighted by atomic mass is 35.5. The van der Waals surface area contributed by atoms with Gasteiger partial charge in [0.2, 0.25) is 0 Å². The Balaban J connectivity index is 2.38. The molecule has 1 unspecified atom stereocenters. The number of fused-ring (bicyclic) bond motifs is 1. The molecule has 2 rings (SSSR count). The molecule has 0 saturated carbocycles. The van der Waals surface area contributed by atoms with Crippen LogP contribution < -0.4 is 4.90 Å². The minimum atomic E-state index is 0.0572. The van der Waals surface area contributed by atoms with E-state index in [1.54, 1.807) is 16.9 Å². The molecule has 80 valence electrons. The number of halogens is 1. The Bertz CT molecular complexity index is 453. The van der Waals surface area contributed by atoms with Crippen molar-refractivity contribution in [1.29, 1.82) is 0 Å². The first kappa shape index (κ1) is 10.1. The molecule has 0 radical (unpaired) electrons. The quantitative estimate of drug-likeness (QED) is 0.717. The maximum atomic E-state index is 5.92. The molecule has 1 atom stereocenters. The third-order valence-corrected chi connectivity index (χ3v) is 2.15. The summed E-state index contributed by atoms with van der Waals surface area (Å²) >= 11 is 5.92. The minimum Gasteiger partial charge on any atom is -0.357 e. The van der Waals surface area contributed by atoms with Gasteiger partial charge in [-0.2, -0.15) is 4.52 Å². The summed E-state index contributed by atoms with van der Waals surface area (Å²) in [4.78, 5) is 6.03. The molecule has 0 aliphatic rings. The topological polar surface area (TPSA) is 59.2 Å². The maximum absolute atomic E-state index is 5.92. The smallest absolute Gasteiger partial charge is 0.199 e. The average Bonchev–Trinajstić information content (AvgIpc) is 2.63. The van der Waals surface area contributed by atoms with Crippen LogP contribution in [0.5, 0.6) is 0 Å². The number of anilines is 1. The van der Waals surface area contributed by atoms with Gasteiger partial charge in [0.15, 0.2) is 11.5 Å². The van der Waals surface area contributed by atoms with Crippen molar-refractivity contribution in [1.82, 2.24) is 25.0 Å². The molecule has 2 aromatic heterocycles. The van der Waals surface area contributed by atoms with E-state index in [0.29, 0.717) is 12.2 Å². The molecule has 0 aliphatic carbocycles. The Morgan fingerprint density at radius 2 is 2.33 bits per heavy atom. The first-order chi connectivity index (χ1) is 7.18. The number of aromatic nitrogens is 5. The van der Waals surface area contributed by atoms with Gasteiger partial charge in [-0.1, -0.05) is 0 Å². The van der Waals surface area contributed by atoms with Gasteiger partial charge in [0.1, 0.15) is 0 Å². The van der Waals surface area contributed by atoms with Crippen LogP contribution in [0.15, 0.2) is 12.4 Å². The summed E-state index contributed by atoms with van der Waals surface area (Å²) in [5.41, 5.74) is 0.626. The zero-order valence-corrected chi connectivity index (χ0v) is 9.26. The molecule has 0 saturated heterocycles. The Labute approximate surface area is 91.9 Å². The van der Waals surface area contributed by atoms with Crippen LogP contribution in [0.4, 0.5) is 5.82 Å². The molecule has 0 aliphatic heterocycles. The molecule has 0 aromatic carbocycles. The second kappa shape index (κ2) is 3.98. The highest BCUT2D eigenvalue weighted by Gasteiger charge is 2.10. The van der Waals surface area contributed by atoms with Gasteiger partial charge in [-0.15, -0.1) is 16.7 Å². The molecule has 6 nitrogen and oxygen atoms in total. The van der Waals surface area contributed by atoms with E-state index in [1.807, 2.05) is 18.9 Å². The average molecular weight is 227 g/mol. The molecular formula is C8H11ClN6. The van der Waals surface area contributed by atoms with Crippen molar-refractivity contribution in [2.24, 2.45) is 0 Å². The maximum Gasteiger partial charge on any atom is 0.199 e. The zero-order valence-electron chi connectivity index (χ0n) is 8.50. The summed E-state index contributed by atoms with van der Waals surface area (Å²) in [6.45, 7) is 2.65. The normalized spacial score (nSPS) is 13.0. The van der Waals surface area contributed by atoms with Crippen molar-refractivity contribution >= 4 is 23.1 Å². The Morgan fingerprint density at radius 1 is 1.53 bits per heavy atom. The first-order valence-electron chi connectivity index (χ1n) is 4.56. The summed E-state index contributed by atoms with van der Waals surface area (Å²) in [6, 6.07) is 0. The Hall–Kier alpha value is -1.43. The van der Waals surface area contributed by atoms with Gasteiger partial charge in [0.05, 0.1) is 12.4 Å². The molecule has 0 N–H and O–H groups in total. The van der Waals surface area contributed by atoms with E-state index in [-0.39, 0.29) is 5.38 Å². The summed E-state index contributed by atoms with van der Waals surface area (Å²) in [5, 5.41) is 11.3. The monoisotopic (exact) mass is 226 g/mol. The van der Waals surface area contributed by atoms with Gasteiger partial charge in [-0.05, 0) is 17.4 Å². The van der Waals surface area contributed by atoms with Crippen LogP contribution in [0.25, 0.3) is 5.65 Å². The van der Waals surface area contributed by atoms with Crippen molar-refractivity contribution in [3.63, 3.8) is 0 Å². The highest BCUT2D eigenvalue weighted by molar-refractivity contribution is 6.20. The van der Waals surface area contributed by atoms with Gasteiger partial charge in [-0.25, -0.2) is 0 Å². The van der Waals surface area contributed by atoms with Crippen LogP contribution in [-0.4, -0.2) is 44.0 Å². The number of hydrogen-bond donors (Lipinski definition) is 0. The number of nitrogens with zero attached hydrogens (tertiary/aromatic N) is 6. The summed E-state index contributed by atoms with van der Waals surface area (Å²) < 4.78 is 1.63. The van der Waals surface area contributed by atoms with Crippen molar-refractivity contribution < 1.29 is 0 Å². The van der Waals surface area contributed by atoms with Crippen LogP contribution in [0, 0.1) is 0 Å². The fraction of sp³-hybridized carbons (Fsp3) is 0.500. The number of rotatable bonds is 3. The van der Waals surface area contributed by atoms with E-state index >= 15 is 0 Å². The zero-order chi connectivity index (χ0) is 10.8. The summed E-state index contributed by atoms with van der Waals surface area (Å²) in [6.07, 6.45) is 3.32. The molecular weight excluding hydrogens is 216 g/mol. The number of hydrogen-bond acceptors (Lipinski definition) is 5. The third-order valence-electron chi connectivity index (χ3n) is 2.01. The van der Waals surface area contributed by atoms with E-state index in [0.717, 1.165) is 5.82 Å². The van der Waals surface area contributed by atoms with Crippen LogP contribution in [0.3, 0.4) is 0 Å². The van der Waals surface area contributed by atoms with E-state index in [4.69, 9.17) is 11.6 Å². The summed E-state index contributed by atoms with van der Waals surface area (Å²) in [7, 11) is 1.93. The Morgan fingerprint density at radius 3 is 3.07 bits per heavy atom. The van der Waals surface area contributed by atoms with E-state index in [1.165, 1.54) is 0 Å².